The van der Waals surface area contributed by atoms with E-state index in [4.69, 9.17) is 4.52 Å². The summed E-state index contributed by atoms with van der Waals surface area (Å²) in [5.74, 6) is -1.81. The van der Waals surface area contributed by atoms with Crippen LogP contribution in [0.3, 0.4) is 0 Å². The molecule has 2 N–H and O–H groups in total. The van der Waals surface area contributed by atoms with E-state index in [1.807, 2.05) is 0 Å². The van der Waals surface area contributed by atoms with E-state index < -0.39 is 30.2 Å². The Bertz CT molecular complexity index is 569. The standard InChI is InChI=1S/C12H18FN2O5P/c1-4-8(2)20-21(18,19)9(3)14-11-7-10(13)5-6-12(11)15(16)17/h5-9,14H,4H2,1-3H3,(H,18,19). The molecule has 1 aromatic rings. The second kappa shape index (κ2) is 6.98. The second-order valence-corrected chi connectivity index (χ2v) is 6.74. The zero-order chi connectivity index (χ0) is 16.2. The highest BCUT2D eigenvalue weighted by atomic mass is 31.2. The molecule has 0 bridgehead atoms. The highest BCUT2D eigenvalue weighted by Crippen LogP contribution is 2.49. The number of nitro benzene ring substituents is 1. The number of benzene rings is 1. The Morgan fingerprint density at radius 1 is 1.52 bits per heavy atom. The van der Waals surface area contributed by atoms with Crippen LogP contribution < -0.4 is 5.32 Å². The summed E-state index contributed by atoms with van der Waals surface area (Å²) >= 11 is 0. The lowest BCUT2D eigenvalue weighted by Gasteiger charge is -2.23. The molecule has 9 heteroatoms. The molecule has 0 aliphatic heterocycles. The van der Waals surface area contributed by atoms with Crippen LogP contribution in [0.2, 0.25) is 0 Å². The minimum Gasteiger partial charge on any atom is -0.366 e. The molecule has 0 amide bonds. The number of halogens is 1. The summed E-state index contributed by atoms with van der Waals surface area (Å²) in [7, 11) is -4.04. The molecule has 1 aromatic carbocycles. The van der Waals surface area contributed by atoms with Gasteiger partial charge in [0, 0.05) is 12.1 Å². The lowest BCUT2D eigenvalue weighted by molar-refractivity contribution is -0.384. The molecule has 1 rings (SSSR count). The van der Waals surface area contributed by atoms with Crippen LogP contribution in [0.5, 0.6) is 0 Å². The van der Waals surface area contributed by atoms with E-state index in [2.05, 4.69) is 5.32 Å². The van der Waals surface area contributed by atoms with Gasteiger partial charge in [0.05, 0.1) is 11.0 Å². The van der Waals surface area contributed by atoms with Crippen molar-refractivity contribution in [1.82, 2.24) is 0 Å². The van der Waals surface area contributed by atoms with E-state index in [1.165, 1.54) is 6.92 Å². The zero-order valence-electron chi connectivity index (χ0n) is 11.9. The SMILES string of the molecule is CCC(C)OP(=O)(O)C(C)Nc1cc(F)ccc1[N+](=O)[O-]. The van der Waals surface area contributed by atoms with Gasteiger partial charge in [-0.2, -0.15) is 0 Å². The summed E-state index contributed by atoms with van der Waals surface area (Å²) in [6.07, 6.45) is 0.102. The van der Waals surface area contributed by atoms with E-state index in [1.54, 1.807) is 13.8 Å². The third kappa shape index (κ3) is 4.77. The van der Waals surface area contributed by atoms with Gasteiger partial charge in [-0.3, -0.25) is 14.7 Å². The Morgan fingerprint density at radius 3 is 2.67 bits per heavy atom. The lowest BCUT2D eigenvalue weighted by atomic mass is 10.2. The molecule has 0 fully saturated rings. The van der Waals surface area contributed by atoms with Crippen molar-refractivity contribution in [3.63, 3.8) is 0 Å². The maximum Gasteiger partial charge on any atom is 0.350 e. The summed E-state index contributed by atoms with van der Waals surface area (Å²) in [6, 6.07) is 2.84. The predicted molar refractivity (Wildman–Crippen MR) is 76.8 cm³/mol. The first-order chi connectivity index (χ1) is 9.67. The minimum absolute atomic E-state index is 0.172. The summed E-state index contributed by atoms with van der Waals surface area (Å²) in [6.45, 7) is 4.78. The van der Waals surface area contributed by atoms with Gasteiger partial charge in [-0.15, -0.1) is 0 Å². The normalized spacial score (nSPS) is 16.8. The molecule has 7 nitrogen and oxygen atoms in total. The third-order valence-corrected chi connectivity index (χ3v) is 4.68. The molecule has 3 unspecified atom stereocenters. The smallest absolute Gasteiger partial charge is 0.350 e. The van der Waals surface area contributed by atoms with Crippen LogP contribution in [0, 0.1) is 15.9 Å². The summed E-state index contributed by atoms with van der Waals surface area (Å²) in [4.78, 5) is 20.0. The van der Waals surface area contributed by atoms with Crippen molar-refractivity contribution in [3.05, 3.63) is 34.1 Å². The number of rotatable bonds is 7. The van der Waals surface area contributed by atoms with E-state index >= 15 is 0 Å². The van der Waals surface area contributed by atoms with Crippen molar-refractivity contribution in [1.29, 1.82) is 0 Å². The highest BCUT2D eigenvalue weighted by Gasteiger charge is 2.31. The monoisotopic (exact) mass is 320 g/mol. The Hall–Kier alpha value is -1.50. The molecule has 0 spiro atoms. The number of hydrogen-bond acceptors (Lipinski definition) is 5. The van der Waals surface area contributed by atoms with Gasteiger partial charge in [0.25, 0.3) is 5.69 Å². The van der Waals surface area contributed by atoms with Crippen LogP contribution in [0.1, 0.15) is 27.2 Å². The lowest BCUT2D eigenvalue weighted by Crippen LogP contribution is -2.20. The fourth-order valence-electron chi connectivity index (χ4n) is 1.51. The first kappa shape index (κ1) is 17.6. The highest BCUT2D eigenvalue weighted by molar-refractivity contribution is 7.53. The molecule has 0 radical (unpaired) electrons. The van der Waals surface area contributed by atoms with Crippen molar-refractivity contribution < 1.29 is 23.3 Å². The molecule has 21 heavy (non-hydrogen) atoms. The van der Waals surface area contributed by atoms with Gasteiger partial charge in [-0.1, -0.05) is 6.92 Å². The number of nitrogens with zero attached hydrogens (tertiary/aromatic N) is 1. The first-order valence-electron chi connectivity index (χ1n) is 6.38. The van der Waals surface area contributed by atoms with Crippen LogP contribution in [0.25, 0.3) is 0 Å². The van der Waals surface area contributed by atoms with Crippen molar-refractivity contribution in [2.45, 2.75) is 39.1 Å². The van der Waals surface area contributed by atoms with Crippen LogP contribution in [0.4, 0.5) is 15.8 Å². The Kier molecular flexibility index (Phi) is 5.83. The quantitative estimate of drug-likeness (QED) is 0.453. The summed E-state index contributed by atoms with van der Waals surface area (Å²) < 4.78 is 30.3. The van der Waals surface area contributed by atoms with Gasteiger partial charge in [0.1, 0.15) is 17.3 Å². The number of anilines is 1. The van der Waals surface area contributed by atoms with Gasteiger partial charge in [0.2, 0.25) is 0 Å². The Morgan fingerprint density at radius 2 is 2.14 bits per heavy atom. The van der Waals surface area contributed by atoms with Crippen molar-refractivity contribution >= 4 is 19.0 Å². The fraction of sp³-hybridized carbons (Fsp3) is 0.500. The molecule has 118 valence electrons. The molecule has 0 aliphatic rings. The minimum atomic E-state index is -4.04. The maximum atomic E-state index is 13.2. The second-order valence-electron chi connectivity index (χ2n) is 4.63. The third-order valence-electron chi connectivity index (χ3n) is 2.92. The predicted octanol–water partition coefficient (Wildman–Crippen LogP) is 3.49. The molecular formula is C12H18FN2O5P. The topological polar surface area (TPSA) is 102 Å². The van der Waals surface area contributed by atoms with Gasteiger partial charge in [0.15, 0.2) is 0 Å². The van der Waals surface area contributed by atoms with Gasteiger partial charge < -0.3 is 14.7 Å². The fourth-order valence-corrected chi connectivity index (χ4v) is 2.66. The summed E-state index contributed by atoms with van der Waals surface area (Å²) in [5.41, 5.74) is -0.554. The van der Waals surface area contributed by atoms with Crippen LogP contribution in [0.15, 0.2) is 18.2 Å². The van der Waals surface area contributed by atoms with Gasteiger partial charge in [-0.05, 0) is 26.3 Å². The van der Waals surface area contributed by atoms with Crippen LogP contribution >= 0.6 is 7.60 Å². The van der Waals surface area contributed by atoms with E-state index in [-0.39, 0.29) is 11.4 Å². The van der Waals surface area contributed by atoms with Gasteiger partial charge in [-0.25, -0.2) is 4.39 Å². The Labute approximate surface area is 121 Å². The van der Waals surface area contributed by atoms with Gasteiger partial charge >= 0.3 is 7.60 Å². The molecular weight excluding hydrogens is 302 g/mol. The first-order valence-corrected chi connectivity index (χ1v) is 8.03. The van der Waals surface area contributed by atoms with E-state index in [9.17, 15) is 24.0 Å². The number of nitrogens with one attached hydrogen (secondary N) is 1. The summed E-state index contributed by atoms with van der Waals surface area (Å²) in [5, 5.41) is 13.4. The maximum absolute atomic E-state index is 13.2. The van der Waals surface area contributed by atoms with Crippen molar-refractivity contribution in [3.8, 4) is 0 Å². The molecule has 0 saturated heterocycles. The van der Waals surface area contributed by atoms with E-state index in [0.717, 1.165) is 18.2 Å². The number of hydrogen-bond donors (Lipinski definition) is 2. The van der Waals surface area contributed by atoms with E-state index in [0.29, 0.717) is 6.42 Å². The Balaban J connectivity index is 2.97. The van der Waals surface area contributed by atoms with Crippen LogP contribution in [-0.4, -0.2) is 21.7 Å². The molecule has 3 atom stereocenters. The molecule has 0 saturated carbocycles. The number of nitro groups is 1. The van der Waals surface area contributed by atoms with Crippen molar-refractivity contribution in [2.24, 2.45) is 0 Å². The zero-order valence-corrected chi connectivity index (χ0v) is 12.8. The molecule has 0 aromatic heterocycles. The molecule has 0 heterocycles. The largest absolute Gasteiger partial charge is 0.366 e. The van der Waals surface area contributed by atoms with Crippen molar-refractivity contribution in [2.75, 3.05) is 5.32 Å². The van der Waals surface area contributed by atoms with Crippen LogP contribution in [-0.2, 0) is 9.09 Å². The average molecular weight is 320 g/mol. The average Bonchev–Trinajstić information content (AvgIpc) is 2.37. The molecule has 0 aliphatic carbocycles.